The number of amides is 2. The standard InChI is InChI=1S/C26H20F3N7O2S/c1-15-4-3-5-16(2)22(15)34-25(37)35-39-32-13-17-12-30-23-20(33-17)10-11-21-24(23)31-14-36(21)18-6-8-19(9-7-18)38-26(27,28)29/h3-14H,1-2H3,(H2,34,35,37)/b32-13+. The molecule has 0 aliphatic rings. The lowest BCUT2D eigenvalue weighted by Crippen LogP contribution is -2.23. The van der Waals surface area contributed by atoms with Crippen LogP contribution in [0.3, 0.4) is 0 Å². The number of nitrogens with one attached hydrogen (secondary N) is 2. The number of ether oxygens (including phenoxy) is 1. The number of rotatable bonds is 6. The molecule has 0 aliphatic carbocycles. The summed E-state index contributed by atoms with van der Waals surface area (Å²) in [5, 5.41) is 2.81. The van der Waals surface area contributed by atoms with Gasteiger partial charge in [-0.3, -0.25) is 9.29 Å². The second-order valence-electron chi connectivity index (χ2n) is 8.40. The minimum absolute atomic E-state index is 0.309. The molecule has 0 aliphatic heterocycles. The van der Waals surface area contributed by atoms with Gasteiger partial charge in [0.25, 0.3) is 0 Å². The molecule has 0 saturated heterocycles. The van der Waals surface area contributed by atoms with E-state index in [-0.39, 0.29) is 5.75 Å². The molecule has 0 spiro atoms. The number of aromatic nitrogens is 4. The number of aryl methyl sites for hydroxylation is 2. The lowest BCUT2D eigenvalue weighted by molar-refractivity contribution is -0.274. The molecular weight excluding hydrogens is 531 g/mol. The van der Waals surface area contributed by atoms with Crippen molar-refractivity contribution in [1.29, 1.82) is 0 Å². The maximum Gasteiger partial charge on any atom is 0.573 e. The van der Waals surface area contributed by atoms with Crippen molar-refractivity contribution >= 4 is 52.1 Å². The van der Waals surface area contributed by atoms with Crippen molar-refractivity contribution in [1.82, 2.24) is 24.2 Å². The average Bonchev–Trinajstić information content (AvgIpc) is 3.33. The molecule has 198 valence electrons. The third-order valence-electron chi connectivity index (χ3n) is 5.69. The van der Waals surface area contributed by atoms with Crippen molar-refractivity contribution < 1.29 is 22.7 Å². The van der Waals surface area contributed by atoms with E-state index in [0.717, 1.165) is 28.9 Å². The highest BCUT2D eigenvalue weighted by Gasteiger charge is 2.31. The molecule has 2 N–H and O–H groups in total. The largest absolute Gasteiger partial charge is 0.573 e. The zero-order valence-electron chi connectivity index (χ0n) is 20.5. The Bertz CT molecular complexity index is 1680. The number of halogens is 3. The molecule has 5 aromatic rings. The molecule has 2 aromatic heterocycles. The van der Waals surface area contributed by atoms with E-state index in [1.54, 1.807) is 23.0 Å². The van der Waals surface area contributed by atoms with Gasteiger partial charge in [0, 0.05) is 11.4 Å². The van der Waals surface area contributed by atoms with Crippen molar-refractivity contribution in [2.75, 3.05) is 5.32 Å². The molecule has 5 rings (SSSR count). The number of anilines is 1. The van der Waals surface area contributed by atoms with E-state index >= 15 is 0 Å². The molecule has 0 atom stereocenters. The summed E-state index contributed by atoms with van der Waals surface area (Å²) in [6.45, 7) is 3.83. The number of carbonyl (C=O) groups excluding carboxylic acids is 1. The van der Waals surface area contributed by atoms with Crippen molar-refractivity contribution in [3.8, 4) is 11.4 Å². The van der Waals surface area contributed by atoms with E-state index in [9.17, 15) is 18.0 Å². The van der Waals surface area contributed by atoms with E-state index in [1.165, 1.54) is 36.7 Å². The minimum atomic E-state index is -4.75. The fourth-order valence-corrected chi connectivity index (χ4v) is 4.30. The number of hydrogen-bond donors (Lipinski definition) is 2. The summed E-state index contributed by atoms with van der Waals surface area (Å²) in [4.78, 5) is 25.6. The normalized spacial score (nSPS) is 11.8. The summed E-state index contributed by atoms with van der Waals surface area (Å²) in [6.07, 6.45) is -0.184. The Morgan fingerprint density at radius 3 is 2.49 bits per heavy atom. The van der Waals surface area contributed by atoms with Gasteiger partial charge in [0.05, 0.1) is 35.6 Å². The summed E-state index contributed by atoms with van der Waals surface area (Å²) < 4.78 is 49.7. The molecule has 9 nitrogen and oxygen atoms in total. The van der Waals surface area contributed by atoms with Gasteiger partial charge in [0.15, 0.2) is 0 Å². The molecular formula is C26H20F3N7O2S. The van der Waals surface area contributed by atoms with Gasteiger partial charge in [-0.25, -0.2) is 24.1 Å². The number of para-hydroxylation sites is 1. The summed E-state index contributed by atoms with van der Waals surface area (Å²) in [7, 11) is 0. The Kier molecular flexibility index (Phi) is 7.07. The quantitative estimate of drug-likeness (QED) is 0.190. The Hall–Kier alpha value is -4.65. The SMILES string of the molecule is Cc1cccc(C)c1NC(=O)NS/N=C/c1cnc2c(ccc3c2ncn3-c2ccc(OC(F)(F)F)cc2)n1. The Balaban J connectivity index is 1.27. The molecule has 0 radical (unpaired) electrons. The first-order valence-electron chi connectivity index (χ1n) is 11.5. The zero-order valence-corrected chi connectivity index (χ0v) is 21.3. The second-order valence-corrected chi connectivity index (χ2v) is 9.00. The molecule has 0 bridgehead atoms. The van der Waals surface area contributed by atoms with Gasteiger partial charge in [0.2, 0.25) is 0 Å². The number of urea groups is 1. The highest BCUT2D eigenvalue weighted by atomic mass is 32.2. The lowest BCUT2D eigenvalue weighted by Gasteiger charge is -2.10. The van der Waals surface area contributed by atoms with Gasteiger partial charge in [-0.05, 0) is 61.4 Å². The van der Waals surface area contributed by atoms with E-state index in [2.05, 4.69) is 34.1 Å². The number of nitrogens with zero attached hydrogens (tertiary/aromatic N) is 5. The first kappa shape index (κ1) is 26.0. The minimum Gasteiger partial charge on any atom is -0.406 e. The molecule has 0 saturated carbocycles. The second kappa shape index (κ2) is 10.6. The topological polar surface area (TPSA) is 106 Å². The van der Waals surface area contributed by atoms with E-state index in [0.29, 0.717) is 33.4 Å². The van der Waals surface area contributed by atoms with Crippen molar-refractivity contribution in [2.45, 2.75) is 20.2 Å². The third-order valence-corrected chi connectivity index (χ3v) is 6.18. The Labute approximate surface area is 224 Å². The number of imidazole rings is 1. The van der Waals surface area contributed by atoms with Gasteiger partial charge in [-0.2, -0.15) is 0 Å². The van der Waals surface area contributed by atoms with Gasteiger partial charge < -0.3 is 10.1 Å². The number of carbonyl (C=O) groups is 1. The third kappa shape index (κ3) is 5.93. The smallest absolute Gasteiger partial charge is 0.406 e. The van der Waals surface area contributed by atoms with Crippen LogP contribution in [0.5, 0.6) is 5.75 Å². The van der Waals surface area contributed by atoms with Crippen LogP contribution in [0.1, 0.15) is 16.8 Å². The molecule has 13 heteroatoms. The fraction of sp³-hybridized carbons (Fsp3) is 0.115. The highest BCUT2D eigenvalue weighted by Crippen LogP contribution is 2.27. The maximum atomic E-state index is 12.4. The van der Waals surface area contributed by atoms with Crippen LogP contribution < -0.4 is 14.8 Å². The van der Waals surface area contributed by atoms with Crippen molar-refractivity contribution in [3.63, 3.8) is 0 Å². The van der Waals surface area contributed by atoms with Crippen LogP contribution in [-0.4, -0.2) is 38.1 Å². The molecule has 3 aromatic carbocycles. The summed E-state index contributed by atoms with van der Waals surface area (Å²) in [5.74, 6) is -0.309. The van der Waals surface area contributed by atoms with E-state index in [4.69, 9.17) is 0 Å². The lowest BCUT2D eigenvalue weighted by atomic mass is 10.1. The van der Waals surface area contributed by atoms with Gasteiger partial charge in [0.1, 0.15) is 28.8 Å². The average molecular weight is 552 g/mol. The molecule has 2 heterocycles. The summed E-state index contributed by atoms with van der Waals surface area (Å²) in [6, 6.07) is 14.4. The summed E-state index contributed by atoms with van der Waals surface area (Å²) >= 11 is 0.853. The highest BCUT2D eigenvalue weighted by molar-refractivity contribution is 7.96. The Morgan fingerprint density at radius 1 is 1.03 bits per heavy atom. The van der Waals surface area contributed by atoms with Gasteiger partial charge in [-0.15, -0.1) is 13.2 Å². The van der Waals surface area contributed by atoms with Crippen LogP contribution in [0.15, 0.2) is 71.5 Å². The first-order valence-corrected chi connectivity index (χ1v) is 12.3. The van der Waals surface area contributed by atoms with Crippen LogP contribution in [0.4, 0.5) is 23.7 Å². The van der Waals surface area contributed by atoms with Gasteiger partial charge in [-0.1, -0.05) is 18.2 Å². The van der Waals surface area contributed by atoms with Crippen molar-refractivity contribution in [2.24, 2.45) is 4.40 Å². The Morgan fingerprint density at radius 2 is 1.77 bits per heavy atom. The van der Waals surface area contributed by atoms with E-state index in [1.807, 2.05) is 32.0 Å². The van der Waals surface area contributed by atoms with E-state index < -0.39 is 12.4 Å². The number of benzene rings is 3. The molecule has 2 amide bonds. The van der Waals surface area contributed by atoms with Crippen LogP contribution >= 0.6 is 12.1 Å². The maximum absolute atomic E-state index is 12.4. The van der Waals surface area contributed by atoms with Crippen LogP contribution in [-0.2, 0) is 0 Å². The first-order chi connectivity index (χ1) is 18.7. The monoisotopic (exact) mass is 551 g/mol. The fourth-order valence-electron chi connectivity index (χ4n) is 3.95. The van der Waals surface area contributed by atoms with Crippen molar-refractivity contribution in [3.05, 3.63) is 83.9 Å². The number of fused-ring (bicyclic) bond motifs is 3. The predicted molar refractivity (Wildman–Crippen MR) is 144 cm³/mol. The predicted octanol–water partition coefficient (Wildman–Crippen LogP) is 6.29. The van der Waals surface area contributed by atoms with Crippen LogP contribution in [0, 0.1) is 13.8 Å². The summed E-state index contributed by atoms with van der Waals surface area (Å²) in [5.41, 5.74) is 6.17. The molecule has 0 fully saturated rings. The number of hydrogen-bond acceptors (Lipinski definition) is 7. The van der Waals surface area contributed by atoms with Crippen LogP contribution in [0.25, 0.3) is 27.8 Å². The van der Waals surface area contributed by atoms with Crippen LogP contribution in [0.2, 0.25) is 0 Å². The van der Waals surface area contributed by atoms with Gasteiger partial charge >= 0.3 is 12.4 Å². The number of alkyl halides is 3. The molecule has 0 unspecified atom stereocenters. The zero-order chi connectivity index (χ0) is 27.6. The molecule has 39 heavy (non-hydrogen) atoms.